The molecule has 2 fully saturated rings. The first-order chi connectivity index (χ1) is 13.2. The molecule has 6 heteroatoms. The molecule has 4 rings (SSSR count). The number of carbonyl (C=O) groups is 1. The van der Waals surface area contributed by atoms with E-state index >= 15 is 0 Å². The van der Waals surface area contributed by atoms with Crippen LogP contribution in [0.2, 0.25) is 0 Å². The lowest BCUT2D eigenvalue weighted by Crippen LogP contribution is -2.40. The van der Waals surface area contributed by atoms with Gasteiger partial charge in [0.1, 0.15) is 11.5 Å². The fourth-order valence-corrected chi connectivity index (χ4v) is 4.15. The molecule has 0 radical (unpaired) electrons. The second-order valence-corrected chi connectivity index (χ2v) is 7.77. The number of pyridine rings is 1. The number of hydrogen-bond donors (Lipinski definition) is 0. The highest BCUT2D eigenvalue weighted by Gasteiger charge is 2.29. The molecule has 27 heavy (non-hydrogen) atoms. The summed E-state index contributed by atoms with van der Waals surface area (Å²) < 4.78 is 7.45. The standard InChI is InChI=1S/C21H28N4O2/c1-27-15-18-8-3-9-19(23-18)21(26)25-11-4-7-17(14-25)20-22-10-12-24(20)13-16-5-2-6-16/h3,8-10,12,16-17H,2,4-7,11,13-15H2,1H3. The number of nitrogens with zero attached hydrogens (tertiary/aromatic N) is 4. The number of ether oxygens (including phenoxy) is 1. The first-order valence-corrected chi connectivity index (χ1v) is 9.99. The summed E-state index contributed by atoms with van der Waals surface area (Å²) in [6, 6.07) is 5.56. The summed E-state index contributed by atoms with van der Waals surface area (Å²) in [4.78, 5) is 24.0. The molecule has 1 atom stereocenters. The molecule has 0 bridgehead atoms. The van der Waals surface area contributed by atoms with Crippen molar-refractivity contribution in [1.29, 1.82) is 0 Å². The van der Waals surface area contributed by atoms with Crippen LogP contribution in [0.1, 0.15) is 60.0 Å². The van der Waals surface area contributed by atoms with Crippen molar-refractivity contribution >= 4 is 5.91 Å². The normalized spacial score (nSPS) is 20.5. The molecule has 1 aliphatic carbocycles. The molecule has 2 aromatic heterocycles. The van der Waals surface area contributed by atoms with Crippen molar-refractivity contribution in [1.82, 2.24) is 19.4 Å². The van der Waals surface area contributed by atoms with Gasteiger partial charge in [0.15, 0.2) is 0 Å². The Labute approximate surface area is 160 Å². The minimum Gasteiger partial charge on any atom is -0.378 e. The first kappa shape index (κ1) is 18.2. The number of likely N-dealkylation sites (tertiary alicyclic amines) is 1. The van der Waals surface area contributed by atoms with Gasteiger partial charge in [-0.3, -0.25) is 4.79 Å². The van der Waals surface area contributed by atoms with Crippen LogP contribution in [0.4, 0.5) is 0 Å². The van der Waals surface area contributed by atoms with E-state index in [1.807, 2.05) is 23.2 Å². The smallest absolute Gasteiger partial charge is 0.272 e. The quantitative estimate of drug-likeness (QED) is 0.785. The maximum absolute atomic E-state index is 13.0. The maximum Gasteiger partial charge on any atom is 0.272 e. The van der Waals surface area contributed by atoms with E-state index in [9.17, 15) is 4.79 Å². The van der Waals surface area contributed by atoms with Crippen LogP contribution in [0.3, 0.4) is 0 Å². The first-order valence-electron chi connectivity index (χ1n) is 9.99. The Bertz CT molecular complexity index is 784. The van der Waals surface area contributed by atoms with Gasteiger partial charge >= 0.3 is 0 Å². The highest BCUT2D eigenvalue weighted by molar-refractivity contribution is 5.92. The number of amides is 1. The van der Waals surface area contributed by atoms with Crippen LogP contribution in [0.25, 0.3) is 0 Å². The third-order valence-corrected chi connectivity index (χ3v) is 5.82. The van der Waals surface area contributed by atoms with Gasteiger partial charge in [0.25, 0.3) is 5.91 Å². The molecule has 1 saturated carbocycles. The van der Waals surface area contributed by atoms with Crippen LogP contribution in [-0.4, -0.2) is 45.5 Å². The Balaban J connectivity index is 1.46. The summed E-state index contributed by atoms with van der Waals surface area (Å²) in [5.41, 5.74) is 1.29. The lowest BCUT2D eigenvalue weighted by molar-refractivity contribution is 0.0695. The van der Waals surface area contributed by atoms with Gasteiger partial charge in [0.05, 0.1) is 12.3 Å². The van der Waals surface area contributed by atoms with Crippen molar-refractivity contribution in [3.8, 4) is 0 Å². The zero-order valence-corrected chi connectivity index (χ0v) is 16.0. The van der Waals surface area contributed by atoms with E-state index in [1.165, 1.54) is 19.3 Å². The van der Waals surface area contributed by atoms with Crippen molar-refractivity contribution in [3.05, 3.63) is 47.8 Å². The fourth-order valence-electron chi connectivity index (χ4n) is 4.15. The Hall–Kier alpha value is -2.21. The molecular weight excluding hydrogens is 340 g/mol. The minimum absolute atomic E-state index is 0.00903. The van der Waals surface area contributed by atoms with Gasteiger partial charge < -0.3 is 14.2 Å². The minimum atomic E-state index is 0.00903. The molecule has 144 valence electrons. The molecule has 1 unspecified atom stereocenters. The lowest BCUT2D eigenvalue weighted by atomic mass is 9.85. The monoisotopic (exact) mass is 368 g/mol. The van der Waals surface area contributed by atoms with Crippen LogP contribution in [0.5, 0.6) is 0 Å². The predicted octanol–water partition coefficient (Wildman–Crippen LogP) is 3.24. The summed E-state index contributed by atoms with van der Waals surface area (Å²) >= 11 is 0. The largest absolute Gasteiger partial charge is 0.378 e. The van der Waals surface area contributed by atoms with E-state index < -0.39 is 0 Å². The van der Waals surface area contributed by atoms with Crippen LogP contribution in [-0.2, 0) is 17.9 Å². The van der Waals surface area contributed by atoms with Gasteiger partial charge in [-0.05, 0) is 43.7 Å². The Morgan fingerprint density at radius 2 is 2.15 bits per heavy atom. The fraction of sp³-hybridized carbons (Fsp3) is 0.571. The average molecular weight is 368 g/mol. The molecule has 6 nitrogen and oxygen atoms in total. The van der Waals surface area contributed by atoms with Gasteiger partial charge in [0, 0.05) is 45.1 Å². The average Bonchev–Trinajstić information content (AvgIpc) is 3.13. The number of carbonyl (C=O) groups excluding carboxylic acids is 1. The highest BCUT2D eigenvalue weighted by Crippen LogP contribution is 2.31. The number of rotatable bonds is 6. The van der Waals surface area contributed by atoms with Crippen LogP contribution in [0.15, 0.2) is 30.6 Å². The van der Waals surface area contributed by atoms with Gasteiger partial charge in [-0.2, -0.15) is 0 Å². The highest BCUT2D eigenvalue weighted by atomic mass is 16.5. The summed E-state index contributed by atoms with van der Waals surface area (Å²) in [6.07, 6.45) is 10.1. The Morgan fingerprint density at radius 3 is 2.93 bits per heavy atom. The summed E-state index contributed by atoms with van der Waals surface area (Å²) in [5, 5.41) is 0. The molecule has 1 amide bonds. The number of imidazole rings is 1. The molecule has 3 heterocycles. The van der Waals surface area contributed by atoms with Crippen molar-refractivity contribution in [2.75, 3.05) is 20.2 Å². The van der Waals surface area contributed by atoms with E-state index in [2.05, 4.69) is 20.7 Å². The van der Waals surface area contributed by atoms with E-state index in [0.717, 1.165) is 49.9 Å². The van der Waals surface area contributed by atoms with E-state index in [1.54, 1.807) is 13.2 Å². The van der Waals surface area contributed by atoms with E-state index in [-0.39, 0.29) is 5.91 Å². The number of hydrogen-bond acceptors (Lipinski definition) is 4. The van der Waals surface area contributed by atoms with Crippen molar-refractivity contribution < 1.29 is 9.53 Å². The predicted molar refractivity (Wildman–Crippen MR) is 102 cm³/mol. The summed E-state index contributed by atoms with van der Waals surface area (Å²) in [7, 11) is 1.64. The summed E-state index contributed by atoms with van der Waals surface area (Å²) in [6.45, 7) is 2.99. The molecule has 1 saturated heterocycles. The third-order valence-electron chi connectivity index (χ3n) is 5.82. The number of aromatic nitrogens is 3. The van der Waals surface area contributed by atoms with Crippen LogP contribution >= 0.6 is 0 Å². The second kappa shape index (κ2) is 8.21. The van der Waals surface area contributed by atoms with E-state index in [4.69, 9.17) is 4.74 Å². The third kappa shape index (κ3) is 4.05. The van der Waals surface area contributed by atoms with Gasteiger partial charge in [-0.15, -0.1) is 0 Å². The maximum atomic E-state index is 13.0. The van der Waals surface area contributed by atoms with Gasteiger partial charge in [-0.1, -0.05) is 12.5 Å². The molecule has 2 aromatic rings. The number of methoxy groups -OCH3 is 1. The second-order valence-electron chi connectivity index (χ2n) is 7.77. The van der Waals surface area contributed by atoms with Crippen molar-refractivity contribution in [2.24, 2.45) is 5.92 Å². The molecule has 0 aromatic carbocycles. The Morgan fingerprint density at radius 1 is 1.26 bits per heavy atom. The molecular formula is C21H28N4O2. The van der Waals surface area contributed by atoms with Gasteiger partial charge in [-0.25, -0.2) is 9.97 Å². The zero-order chi connectivity index (χ0) is 18.6. The molecule has 1 aliphatic heterocycles. The van der Waals surface area contributed by atoms with E-state index in [0.29, 0.717) is 18.2 Å². The van der Waals surface area contributed by atoms with Crippen LogP contribution in [0, 0.1) is 5.92 Å². The number of piperidine rings is 1. The molecule has 2 aliphatic rings. The van der Waals surface area contributed by atoms with Crippen LogP contribution < -0.4 is 0 Å². The zero-order valence-electron chi connectivity index (χ0n) is 16.0. The van der Waals surface area contributed by atoms with Crippen molar-refractivity contribution in [3.63, 3.8) is 0 Å². The molecule has 0 spiro atoms. The lowest BCUT2D eigenvalue weighted by Gasteiger charge is -2.33. The van der Waals surface area contributed by atoms with Gasteiger partial charge in [0.2, 0.25) is 0 Å². The SMILES string of the molecule is COCc1cccc(C(=O)N2CCCC(c3nccn3CC3CCC3)C2)n1. The van der Waals surface area contributed by atoms with Crippen molar-refractivity contribution in [2.45, 2.75) is 51.2 Å². The molecule has 0 N–H and O–H groups in total. The Kier molecular flexibility index (Phi) is 5.53. The summed E-state index contributed by atoms with van der Waals surface area (Å²) in [5.74, 6) is 2.25. The topological polar surface area (TPSA) is 60.2 Å².